The van der Waals surface area contributed by atoms with Crippen molar-refractivity contribution in [2.45, 2.75) is 13.1 Å². The Morgan fingerprint density at radius 3 is 2.58 bits per heavy atom. The molecule has 1 heterocycles. The molecule has 6 heteroatoms. The largest absolute Gasteiger partial charge is 0.348 e. The Labute approximate surface area is 150 Å². The zero-order valence-corrected chi connectivity index (χ0v) is 14.3. The first-order valence-electron chi connectivity index (χ1n) is 7.40. The summed E-state index contributed by atoms with van der Waals surface area (Å²) in [6.07, 6.45) is 3.26. The maximum atomic E-state index is 12.2. The van der Waals surface area contributed by atoms with E-state index in [1.165, 1.54) is 0 Å². The first-order chi connectivity index (χ1) is 11.6. The standard InChI is InChI=1S/C18H15Cl2N3O/c19-16-7-5-13(6-8-16)9-21-18(24)15-10-22-23(12-15)11-14-3-1-2-4-17(14)20/h1-8,10,12H,9,11H2,(H,21,24). The van der Waals surface area contributed by atoms with Crippen LogP contribution >= 0.6 is 23.2 Å². The number of carbonyl (C=O) groups excluding carboxylic acids is 1. The van der Waals surface area contributed by atoms with Gasteiger partial charge in [0.15, 0.2) is 0 Å². The van der Waals surface area contributed by atoms with E-state index in [1.807, 2.05) is 36.4 Å². The van der Waals surface area contributed by atoms with Gasteiger partial charge in [-0.1, -0.05) is 53.5 Å². The lowest BCUT2D eigenvalue weighted by Crippen LogP contribution is -2.22. The average molecular weight is 360 g/mol. The summed E-state index contributed by atoms with van der Waals surface area (Å²) < 4.78 is 1.69. The third-order valence-electron chi connectivity index (χ3n) is 3.55. The molecule has 0 radical (unpaired) electrons. The van der Waals surface area contributed by atoms with E-state index in [9.17, 15) is 4.79 Å². The Morgan fingerprint density at radius 1 is 1.08 bits per heavy atom. The van der Waals surface area contributed by atoms with Crippen molar-refractivity contribution in [3.8, 4) is 0 Å². The summed E-state index contributed by atoms with van der Waals surface area (Å²) in [6.45, 7) is 0.954. The van der Waals surface area contributed by atoms with Crippen LogP contribution in [-0.2, 0) is 13.1 Å². The number of hydrogen-bond donors (Lipinski definition) is 1. The van der Waals surface area contributed by atoms with Crippen LogP contribution in [0.4, 0.5) is 0 Å². The topological polar surface area (TPSA) is 46.9 Å². The van der Waals surface area contributed by atoms with Gasteiger partial charge in [0.1, 0.15) is 0 Å². The van der Waals surface area contributed by atoms with Crippen LogP contribution < -0.4 is 5.32 Å². The quantitative estimate of drug-likeness (QED) is 0.742. The number of nitrogens with zero attached hydrogens (tertiary/aromatic N) is 2. The van der Waals surface area contributed by atoms with Crippen LogP contribution in [-0.4, -0.2) is 15.7 Å². The molecule has 2 aromatic carbocycles. The maximum absolute atomic E-state index is 12.2. The Hall–Kier alpha value is -2.30. The molecule has 24 heavy (non-hydrogen) atoms. The van der Waals surface area contributed by atoms with E-state index < -0.39 is 0 Å². The smallest absolute Gasteiger partial charge is 0.254 e. The Kier molecular flexibility index (Phi) is 5.18. The van der Waals surface area contributed by atoms with Crippen LogP contribution in [0, 0.1) is 0 Å². The normalized spacial score (nSPS) is 10.6. The second kappa shape index (κ2) is 7.51. The van der Waals surface area contributed by atoms with E-state index in [1.54, 1.807) is 29.2 Å². The molecule has 122 valence electrons. The number of amides is 1. The average Bonchev–Trinajstić information content (AvgIpc) is 3.05. The van der Waals surface area contributed by atoms with Crippen molar-refractivity contribution in [2.24, 2.45) is 0 Å². The molecule has 1 N–H and O–H groups in total. The molecular formula is C18H15Cl2N3O. The second-order valence-electron chi connectivity index (χ2n) is 5.33. The van der Waals surface area contributed by atoms with Crippen molar-refractivity contribution >= 4 is 29.1 Å². The van der Waals surface area contributed by atoms with Crippen molar-refractivity contribution < 1.29 is 4.79 Å². The molecule has 3 aromatic rings. The van der Waals surface area contributed by atoms with E-state index in [-0.39, 0.29) is 5.91 Å². The number of carbonyl (C=O) groups is 1. The van der Waals surface area contributed by atoms with Gasteiger partial charge in [0.05, 0.1) is 18.3 Å². The third kappa shape index (κ3) is 4.16. The molecule has 0 atom stereocenters. The molecule has 0 saturated heterocycles. The lowest BCUT2D eigenvalue weighted by molar-refractivity contribution is 0.0951. The summed E-state index contributed by atoms with van der Waals surface area (Å²) in [5.41, 5.74) is 2.45. The molecule has 0 spiro atoms. The van der Waals surface area contributed by atoms with Crippen molar-refractivity contribution in [1.82, 2.24) is 15.1 Å². The zero-order valence-electron chi connectivity index (χ0n) is 12.7. The minimum atomic E-state index is -0.171. The molecule has 4 nitrogen and oxygen atoms in total. The number of halogens is 2. The highest BCUT2D eigenvalue weighted by Gasteiger charge is 2.09. The molecular weight excluding hydrogens is 345 g/mol. The predicted molar refractivity (Wildman–Crippen MR) is 95.4 cm³/mol. The van der Waals surface area contributed by atoms with Crippen molar-refractivity contribution in [2.75, 3.05) is 0 Å². The predicted octanol–water partition coefficient (Wildman–Crippen LogP) is 4.17. The number of hydrogen-bond acceptors (Lipinski definition) is 2. The van der Waals surface area contributed by atoms with Crippen molar-refractivity contribution in [3.63, 3.8) is 0 Å². The molecule has 1 aromatic heterocycles. The molecule has 1 amide bonds. The number of rotatable bonds is 5. The van der Waals surface area contributed by atoms with E-state index in [0.717, 1.165) is 11.1 Å². The van der Waals surface area contributed by atoms with Crippen LogP contribution in [0.5, 0.6) is 0 Å². The van der Waals surface area contributed by atoms with Crippen molar-refractivity contribution in [1.29, 1.82) is 0 Å². The highest BCUT2D eigenvalue weighted by Crippen LogP contribution is 2.16. The summed E-state index contributed by atoms with van der Waals surface area (Å²) >= 11 is 12.0. The van der Waals surface area contributed by atoms with Crippen molar-refractivity contribution in [3.05, 3.63) is 87.7 Å². The van der Waals surface area contributed by atoms with Gasteiger partial charge in [-0.15, -0.1) is 0 Å². The molecule has 0 unspecified atom stereocenters. The number of benzene rings is 2. The fourth-order valence-corrected chi connectivity index (χ4v) is 2.58. The first-order valence-corrected chi connectivity index (χ1v) is 8.16. The zero-order chi connectivity index (χ0) is 16.9. The summed E-state index contributed by atoms with van der Waals surface area (Å²) in [5.74, 6) is -0.171. The Balaban J connectivity index is 1.61. The summed E-state index contributed by atoms with van der Waals surface area (Å²) in [6, 6.07) is 14.9. The third-order valence-corrected chi connectivity index (χ3v) is 4.17. The van der Waals surface area contributed by atoms with Gasteiger partial charge in [0.2, 0.25) is 0 Å². The first kappa shape index (κ1) is 16.6. The number of aromatic nitrogens is 2. The summed E-state index contributed by atoms with van der Waals surface area (Å²) in [5, 5.41) is 8.44. The summed E-state index contributed by atoms with van der Waals surface area (Å²) in [4.78, 5) is 12.2. The van der Waals surface area contributed by atoms with Gasteiger partial charge >= 0.3 is 0 Å². The fourth-order valence-electron chi connectivity index (χ4n) is 2.26. The Bertz CT molecular complexity index is 843. The molecule has 0 saturated carbocycles. The Morgan fingerprint density at radius 2 is 1.83 bits per heavy atom. The van der Waals surface area contributed by atoms with Gasteiger partial charge in [-0.3, -0.25) is 9.48 Å². The number of nitrogens with one attached hydrogen (secondary N) is 1. The van der Waals surface area contributed by atoms with E-state index in [0.29, 0.717) is 28.7 Å². The van der Waals surface area contributed by atoms with Gasteiger partial charge in [-0.25, -0.2) is 0 Å². The van der Waals surface area contributed by atoms with E-state index >= 15 is 0 Å². The molecule has 0 aliphatic carbocycles. The SMILES string of the molecule is O=C(NCc1ccc(Cl)cc1)c1cnn(Cc2ccccc2Cl)c1. The van der Waals surface area contributed by atoms with Gasteiger partial charge in [-0.2, -0.15) is 5.10 Å². The molecule has 0 bridgehead atoms. The maximum Gasteiger partial charge on any atom is 0.254 e. The van der Waals surface area contributed by atoms with E-state index in [4.69, 9.17) is 23.2 Å². The van der Waals surface area contributed by atoms with Gasteiger partial charge < -0.3 is 5.32 Å². The second-order valence-corrected chi connectivity index (χ2v) is 6.17. The van der Waals surface area contributed by atoms with Crippen LogP contribution in [0.2, 0.25) is 10.0 Å². The minimum Gasteiger partial charge on any atom is -0.348 e. The minimum absolute atomic E-state index is 0.171. The lowest BCUT2D eigenvalue weighted by atomic mass is 10.2. The van der Waals surface area contributed by atoms with Gasteiger partial charge in [0.25, 0.3) is 5.91 Å². The molecule has 3 rings (SSSR count). The monoisotopic (exact) mass is 359 g/mol. The highest BCUT2D eigenvalue weighted by atomic mass is 35.5. The van der Waals surface area contributed by atoms with Crippen LogP contribution in [0.3, 0.4) is 0 Å². The van der Waals surface area contributed by atoms with Gasteiger partial charge in [-0.05, 0) is 29.3 Å². The fraction of sp³-hybridized carbons (Fsp3) is 0.111. The van der Waals surface area contributed by atoms with Gasteiger partial charge in [0, 0.05) is 22.8 Å². The molecule has 0 aliphatic rings. The molecule has 0 aliphatic heterocycles. The lowest BCUT2D eigenvalue weighted by Gasteiger charge is -2.05. The van der Waals surface area contributed by atoms with E-state index in [2.05, 4.69) is 10.4 Å². The summed E-state index contributed by atoms with van der Waals surface area (Å²) in [7, 11) is 0. The highest BCUT2D eigenvalue weighted by molar-refractivity contribution is 6.31. The molecule has 0 fully saturated rings. The van der Waals surface area contributed by atoms with Crippen LogP contribution in [0.1, 0.15) is 21.5 Å². The van der Waals surface area contributed by atoms with Crippen LogP contribution in [0.15, 0.2) is 60.9 Å². The van der Waals surface area contributed by atoms with Crippen LogP contribution in [0.25, 0.3) is 0 Å².